The topological polar surface area (TPSA) is 162 Å². The van der Waals surface area contributed by atoms with E-state index < -0.39 is 0 Å². The number of hydrogen-bond acceptors (Lipinski definition) is 8. The molecule has 504 valence electrons. The molecule has 13 atom stereocenters. The first-order chi connectivity index (χ1) is 40.2. The zero-order valence-corrected chi connectivity index (χ0v) is 58.2. The first-order valence-corrected chi connectivity index (χ1v) is 37.6. The lowest BCUT2D eigenvalue weighted by atomic mass is 9.79. The number of hydrogen-bond donors (Lipinski definition) is 8. The highest BCUT2D eigenvalue weighted by molar-refractivity contribution is 4.80. The van der Waals surface area contributed by atoms with Crippen LogP contribution >= 0.6 is 0 Å². The molecule has 84 heavy (non-hydrogen) atoms. The smallest absolute Gasteiger partial charge is 0.0570 e. The number of aliphatic hydroxyl groups excluding tert-OH is 8. The lowest BCUT2D eigenvalue weighted by Crippen LogP contribution is -2.28. The van der Waals surface area contributed by atoms with Gasteiger partial charge in [0.25, 0.3) is 0 Å². The molecule has 0 aromatic carbocycles. The van der Waals surface area contributed by atoms with Crippen LogP contribution in [-0.2, 0) is 0 Å². The SMILES string of the molecule is CC(C)C1CCC(O)CC1.CC(C)C1CCCC(O)C1.CC(C)C1CCCCC1O.CCC(C)C1CCCC(O)C1.CCCC1CCCCC1O.CCCCC1CCC(O)CC1.CCCCC1CCCC(O)C1.CCCCC1CCCCC1O. The number of rotatable bonds is 16. The summed E-state index contributed by atoms with van der Waals surface area (Å²) in [5, 5.41) is 75.2. The Labute approximate surface area is 523 Å². The second-order valence-corrected chi connectivity index (χ2v) is 30.2. The van der Waals surface area contributed by atoms with Crippen molar-refractivity contribution < 1.29 is 40.9 Å². The third-order valence-corrected chi connectivity index (χ3v) is 21.9. The molecule has 13 unspecified atom stereocenters. The minimum Gasteiger partial charge on any atom is -0.393 e. The van der Waals surface area contributed by atoms with Gasteiger partial charge in [0.1, 0.15) is 0 Å². The third-order valence-electron chi connectivity index (χ3n) is 21.9. The number of unbranched alkanes of at least 4 members (excludes halogenated alkanes) is 3. The fourth-order valence-corrected chi connectivity index (χ4v) is 15.4. The van der Waals surface area contributed by atoms with Crippen molar-refractivity contribution in [1.82, 2.24) is 0 Å². The van der Waals surface area contributed by atoms with Crippen LogP contribution in [0.4, 0.5) is 0 Å². The fourth-order valence-electron chi connectivity index (χ4n) is 15.4. The minimum atomic E-state index is -0.00579. The first kappa shape index (κ1) is 81.7. The van der Waals surface area contributed by atoms with Crippen LogP contribution in [0, 0.1) is 71.0 Å². The van der Waals surface area contributed by atoms with Crippen molar-refractivity contribution in [1.29, 1.82) is 0 Å². The van der Waals surface area contributed by atoms with E-state index in [-0.39, 0.29) is 48.8 Å². The van der Waals surface area contributed by atoms with Gasteiger partial charge in [0.2, 0.25) is 0 Å². The molecule has 0 aromatic heterocycles. The molecule has 0 saturated heterocycles. The van der Waals surface area contributed by atoms with Crippen LogP contribution in [-0.4, -0.2) is 89.7 Å². The normalized spacial score (nSPS) is 33.8. The van der Waals surface area contributed by atoms with Crippen molar-refractivity contribution in [3.05, 3.63) is 0 Å². The van der Waals surface area contributed by atoms with Crippen LogP contribution in [0.2, 0.25) is 0 Å². The Hall–Kier alpha value is -0.320. The highest BCUT2D eigenvalue weighted by atomic mass is 16.3. The summed E-state index contributed by atoms with van der Waals surface area (Å²) in [5.41, 5.74) is 0. The second kappa shape index (κ2) is 51.3. The summed E-state index contributed by atoms with van der Waals surface area (Å²) in [4.78, 5) is 0. The Kier molecular flexibility index (Phi) is 49.9. The van der Waals surface area contributed by atoms with E-state index in [9.17, 15) is 40.9 Å². The molecular formula is C76H152O8. The van der Waals surface area contributed by atoms with Gasteiger partial charge in [-0.05, 0) is 212 Å². The molecule has 8 saturated carbocycles. The molecule has 0 amide bonds. The Morgan fingerprint density at radius 2 is 0.690 bits per heavy atom. The van der Waals surface area contributed by atoms with Crippen molar-refractivity contribution in [3.8, 4) is 0 Å². The molecule has 0 radical (unpaired) electrons. The molecule has 8 heteroatoms. The predicted octanol–water partition coefficient (Wildman–Crippen LogP) is 19.7. The van der Waals surface area contributed by atoms with Gasteiger partial charge in [-0.2, -0.15) is 0 Å². The van der Waals surface area contributed by atoms with E-state index in [1.807, 2.05) is 0 Å². The zero-order chi connectivity index (χ0) is 62.7. The van der Waals surface area contributed by atoms with Gasteiger partial charge in [-0.15, -0.1) is 0 Å². The molecule has 8 N–H and O–H groups in total. The maximum atomic E-state index is 9.60. The van der Waals surface area contributed by atoms with Gasteiger partial charge in [-0.25, -0.2) is 0 Å². The van der Waals surface area contributed by atoms with Crippen LogP contribution in [0.15, 0.2) is 0 Å². The molecule has 8 aliphatic rings. The van der Waals surface area contributed by atoms with Gasteiger partial charge >= 0.3 is 0 Å². The molecule has 0 aromatic rings. The highest BCUT2D eigenvalue weighted by Crippen LogP contribution is 2.35. The fraction of sp³-hybridized carbons (Fsp3) is 1.00. The summed E-state index contributed by atoms with van der Waals surface area (Å²) >= 11 is 0. The van der Waals surface area contributed by atoms with Gasteiger partial charge < -0.3 is 40.9 Å². The van der Waals surface area contributed by atoms with Gasteiger partial charge in [0.15, 0.2) is 0 Å². The first-order valence-electron chi connectivity index (χ1n) is 37.6. The third kappa shape index (κ3) is 39.7. The highest BCUT2D eigenvalue weighted by Gasteiger charge is 2.28. The largest absolute Gasteiger partial charge is 0.393 e. The monoisotopic (exact) mass is 1190 g/mol. The quantitative estimate of drug-likeness (QED) is 0.0758. The van der Waals surface area contributed by atoms with E-state index in [0.717, 1.165) is 131 Å². The Morgan fingerprint density at radius 1 is 0.286 bits per heavy atom. The Morgan fingerprint density at radius 3 is 1.10 bits per heavy atom. The average molecular weight is 1190 g/mol. The Bertz CT molecular complexity index is 1410. The van der Waals surface area contributed by atoms with E-state index in [2.05, 4.69) is 83.1 Å². The van der Waals surface area contributed by atoms with Gasteiger partial charge in [-0.3, -0.25) is 0 Å². The van der Waals surface area contributed by atoms with Gasteiger partial charge in [-0.1, -0.05) is 224 Å². The average Bonchev–Trinajstić information content (AvgIpc) is 3.51. The van der Waals surface area contributed by atoms with Crippen LogP contribution < -0.4 is 0 Å². The summed E-state index contributed by atoms with van der Waals surface area (Å²) in [5.74, 6) is 9.09. The van der Waals surface area contributed by atoms with Crippen molar-refractivity contribution in [2.24, 2.45) is 71.0 Å². The molecule has 8 aliphatic carbocycles. The predicted molar refractivity (Wildman–Crippen MR) is 361 cm³/mol. The summed E-state index contributed by atoms with van der Waals surface area (Å²) in [6.45, 7) is 26.9. The lowest BCUT2D eigenvalue weighted by Gasteiger charge is -2.30. The molecule has 0 spiro atoms. The minimum absolute atomic E-state index is 0.00106. The molecule has 8 rings (SSSR count). The van der Waals surface area contributed by atoms with Crippen molar-refractivity contribution in [2.75, 3.05) is 0 Å². The van der Waals surface area contributed by atoms with Crippen molar-refractivity contribution >= 4 is 0 Å². The molecular weight excluding hydrogens is 1040 g/mol. The van der Waals surface area contributed by atoms with Crippen LogP contribution in [0.25, 0.3) is 0 Å². The maximum Gasteiger partial charge on any atom is 0.0570 e. The maximum absolute atomic E-state index is 9.60. The van der Waals surface area contributed by atoms with Gasteiger partial charge in [0, 0.05) is 0 Å². The molecule has 8 nitrogen and oxygen atoms in total. The van der Waals surface area contributed by atoms with E-state index >= 15 is 0 Å². The van der Waals surface area contributed by atoms with Crippen LogP contribution in [0.1, 0.15) is 366 Å². The number of aliphatic hydroxyl groups is 8. The van der Waals surface area contributed by atoms with E-state index in [4.69, 9.17) is 0 Å². The van der Waals surface area contributed by atoms with E-state index in [1.165, 1.54) is 199 Å². The summed E-state index contributed by atoms with van der Waals surface area (Å²) in [6, 6.07) is 0. The molecule has 0 heterocycles. The van der Waals surface area contributed by atoms with Gasteiger partial charge in [0.05, 0.1) is 48.8 Å². The lowest BCUT2D eigenvalue weighted by molar-refractivity contribution is 0.0456. The molecule has 8 fully saturated rings. The zero-order valence-electron chi connectivity index (χ0n) is 58.2. The molecule has 0 bridgehead atoms. The molecule has 0 aliphatic heterocycles. The van der Waals surface area contributed by atoms with Crippen molar-refractivity contribution in [2.45, 2.75) is 414 Å². The van der Waals surface area contributed by atoms with E-state index in [0.29, 0.717) is 23.7 Å². The summed E-state index contributed by atoms with van der Waals surface area (Å²) in [6.07, 6.45) is 53.4. The van der Waals surface area contributed by atoms with Crippen LogP contribution in [0.3, 0.4) is 0 Å². The second-order valence-electron chi connectivity index (χ2n) is 30.2. The summed E-state index contributed by atoms with van der Waals surface area (Å²) in [7, 11) is 0. The Balaban J connectivity index is 0.000000480. The van der Waals surface area contributed by atoms with Crippen molar-refractivity contribution in [3.63, 3.8) is 0 Å². The standard InChI is InChI=1S/4C10H20O.4C9H18O/c1-3-8(2)9-5-4-6-10(11)7-9;1-2-3-6-9-7-4-5-8-10(9)11;1-2-3-5-9-6-4-7-10(11)8-9;1-2-3-4-9-5-7-10(11)8-6-9;1-7(2)8-3-5-9(10)6-4-8;1-7(2)8-4-3-5-9(10)6-8;1-7(2)8-5-3-4-6-9(8)10;1-2-5-8-6-3-4-7-9(8)10/h8-11H,3-7H2,1-2H3;3*9-11H,2-8H2,1H3;3*7-10H,3-6H2,1-2H3;8-10H,2-7H2,1H3. The summed E-state index contributed by atoms with van der Waals surface area (Å²) < 4.78 is 0. The van der Waals surface area contributed by atoms with E-state index in [1.54, 1.807) is 0 Å². The van der Waals surface area contributed by atoms with Crippen LogP contribution in [0.5, 0.6) is 0 Å².